The molecular formula is C9H23N. The summed E-state index contributed by atoms with van der Waals surface area (Å²) in [5, 5.41) is 0. The highest BCUT2D eigenvalue weighted by Crippen LogP contribution is 2.11. The SMILES string of the molecule is CC.CCC(C)C(C)CN. The molecule has 0 aliphatic carbocycles. The van der Waals surface area contributed by atoms with Crippen molar-refractivity contribution in [2.75, 3.05) is 6.54 Å². The third kappa shape index (κ3) is 6.09. The van der Waals surface area contributed by atoms with Crippen molar-refractivity contribution in [3.63, 3.8) is 0 Å². The Morgan fingerprint density at radius 1 is 1.10 bits per heavy atom. The average molecular weight is 145 g/mol. The van der Waals surface area contributed by atoms with E-state index in [2.05, 4.69) is 20.8 Å². The Labute approximate surface area is 66.0 Å². The van der Waals surface area contributed by atoms with E-state index in [4.69, 9.17) is 5.73 Å². The summed E-state index contributed by atoms with van der Waals surface area (Å²) in [7, 11) is 0. The Hall–Kier alpha value is -0.0400. The fourth-order valence-corrected chi connectivity index (χ4v) is 0.635. The van der Waals surface area contributed by atoms with E-state index in [1.165, 1.54) is 6.42 Å². The van der Waals surface area contributed by atoms with Crippen LogP contribution >= 0.6 is 0 Å². The number of hydrogen-bond donors (Lipinski definition) is 1. The van der Waals surface area contributed by atoms with Crippen molar-refractivity contribution in [2.24, 2.45) is 17.6 Å². The lowest BCUT2D eigenvalue weighted by Gasteiger charge is -2.14. The summed E-state index contributed by atoms with van der Waals surface area (Å²) in [6.45, 7) is 11.5. The zero-order chi connectivity index (χ0) is 8.57. The van der Waals surface area contributed by atoms with Crippen LogP contribution in [0.3, 0.4) is 0 Å². The first-order chi connectivity index (χ1) is 4.72. The second-order valence-corrected chi connectivity index (χ2v) is 2.60. The van der Waals surface area contributed by atoms with E-state index in [-0.39, 0.29) is 0 Å². The first-order valence-electron chi connectivity index (χ1n) is 4.42. The smallest absolute Gasteiger partial charge is 0.00490 e. The van der Waals surface area contributed by atoms with Crippen LogP contribution < -0.4 is 5.73 Å². The van der Waals surface area contributed by atoms with E-state index >= 15 is 0 Å². The van der Waals surface area contributed by atoms with Crippen molar-refractivity contribution >= 4 is 0 Å². The van der Waals surface area contributed by atoms with Gasteiger partial charge in [-0.15, -0.1) is 0 Å². The third-order valence-corrected chi connectivity index (χ3v) is 1.99. The lowest BCUT2D eigenvalue weighted by atomic mass is 9.94. The lowest BCUT2D eigenvalue weighted by molar-refractivity contribution is 0.386. The van der Waals surface area contributed by atoms with Crippen molar-refractivity contribution in [3.8, 4) is 0 Å². The summed E-state index contributed by atoms with van der Waals surface area (Å²) in [6.07, 6.45) is 1.25. The maximum Gasteiger partial charge on any atom is -0.00490 e. The van der Waals surface area contributed by atoms with E-state index in [0.29, 0.717) is 5.92 Å². The maximum absolute atomic E-state index is 5.45. The van der Waals surface area contributed by atoms with Gasteiger partial charge in [0.15, 0.2) is 0 Å². The summed E-state index contributed by atoms with van der Waals surface area (Å²) in [5.41, 5.74) is 5.45. The van der Waals surface area contributed by atoms with E-state index in [1.54, 1.807) is 0 Å². The van der Waals surface area contributed by atoms with Crippen molar-refractivity contribution in [1.82, 2.24) is 0 Å². The summed E-state index contributed by atoms with van der Waals surface area (Å²) in [4.78, 5) is 0. The first kappa shape index (κ1) is 12.6. The molecule has 0 aromatic rings. The molecule has 0 aromatic carbocycles. The van der Waals surface area contributed by atoms with Gasteiger partial charge in [-0.2, -0.15) is 0 Å². The molecule has 0 aliphatic rings. The highest BCUT2D eigenvalue weighted by molar-refractivity contribution is 4.59. The van der Waals surface area contributed by atoms with Gasteiger partial charge in [0.2, 0.25) is 0 Å². The lowest BCUT2D eigenvalue weighted by Crippen LogP contribution is -2.17. The quantitative estimate of drug-likeness (QED) is 0.649. The predicted molar refractivity (Wildman–Crippen MR) is 49.0 cm³/mol. The standard InChI is InChI=1S/C7H17N.C2H6/c1-4-6(2)7(3)5-8;1-2/h6-7H,4-5,8H2,1-3H3;1-2H3. The molecule has 0 radical (unpaired) electrons. The van der Waals surface area contributed by atoms with Gasteiger partial charge >= 0.3 is 0 Å². The third-order valence-electron chi connectivity index (χ3n) is 1.99. The summed E-state index contributed by atoms with van der Waals surface area (Å²) in [6, 6.07) is 0. The van der Waals surface area contributed by atoms with E-state index in [9.17, 15) is 0 Å². The molecule has 0 heterocycles. The molecule has 1 heteroatoms. The van der Waals surface area contributed by atoms with Gasteiger partial charge in [-0.05, 0) is 18.4 Å². The molecule has 0 bridgehead atoms. The molecule has 2 N–H and O–H groups in total. The van der Waals surface area contributed by atoms with Crippen molar-refractivity contribution < 1.29 is 0 Å². The van der Waals surface area contributed by atoms with Gasteiger partial charge in [-0.1, -0.05) is 41.0 Å². The molecule has 2 atom stereocenters. The Kier molecular flexibility index (Phi) is 11.3. The van der Waals surface area contributed by atoms with Gasteiger partial charge in [-0.3, -0.25) is 0 Å². The minimum absolute atomic E-state index is 0.694. The monoisotopic (exact) mass is 145 g/mol. The maximum atomic E-state index is 5.45. The molecule has 0 amide bonds. The fourth-order valence-electron chi connectivity index (χ4n) is 0.635. The van der Waals surface area contributed by atoms with Crippen LogP contribution in [0.1, 0.15) is 41.0 Å². The molecule has 0 saturated heterocycles. The highest BCUT2D eigenvalue weighted by atomic mass is 14.5. The molecule has 0 spiro atoms. The molecule has 0 saturated carbocycles. The van der Waals surface area contributed by atoms with Crippen LogP contribution in [0.2, 0.25) is 0 Å². The van der Waals surface area contributed by atoms with Crippen molar-refractivity contribution in [2.45, 2.75) is 41.0 Å². The van der Waals surface area contributed by atoms with Crippen molar-refractivity contribution in [3.05, 3.63) is 0 Å². The minimum atomic E-state index is 0.694. The fraction of sp³-hybridized carbons (Fsp3) is 1.00. The normalized spacial score (nSPS) is 15.0. The van der Waals surface area contributed by atoms with Crippen LogP contribution in [0.15, 0.2) is 0 Å². The Balaban J connectivity index is 0. The van der Waals surface area contributed by atoms with E-state index in [1.807, 2.05) is 13.8 Å². The van der Waals surface area contributed by atoms with Gasteiger partial charge in [0.05, 0.1) is 0 Å². The zero-order valence-corrected chi connectivity index (χ0v) is 8.15. The second-order valence-electron chi connectivity index (χ2n) is 2.60. The van der Waals surface area contributed by atoms with Crippen LogP contribution in [-0.2, 0) is 0 Å². The van der Waals surface area contributed by atoms with Gasteiger partial charge in [-0.25, -0.2) is 0 Å². The highest BCUT2D eigenvalue weighted by Gasteiger charge is 2.05. The van der Waals surface area contributed by atoms with E-state index < -0.39 is 0 Å². The van der Waals surface area contributed by atoms with Crippen LogP contribution in [0.25, 0.3) is 0 Å². The minimum Gasteiger partial charge on any atom is -0.330 e. The number of nitrogens with two attached hydrogens (primary N) is 1. The molecule has 0 aliphatic heterocycles. The van der Waals surface area contributed by atoms with Gasteiger partial charge in [0.25, 0.3) is 0 Å². The number of rotatable bonds is 3. The van der Waals surface area contributed by atoms with E-state index in [0.717, 1.165) is 12.5 Å². The average Bonchev–Trinajstić information content (AvgIpc) is 2.05. The van der Waals surface area contributed by atoms with Crippen molar-refractivity contribution in [1.29, 1.82) is 0 Å². The summed E-state index contributed by atoms with van der Waals surface area (Å²) in [5.74, 6) is 1.49. The molecular weight excluding hydrogens is 122 g/mol. The largest absolute Gasteiger partial charge is 0.330 e. The summed E-state index contributed by atoms with van der Waals surface area (Å²) >= 11 is 0. The van der Waals surface area contributed by atoms with Crippen LogP contribution in [-0.4, -0.2) is 6.54 Å². The molecule has 0 rings (SSSR count). The summed E-state index contributed by atoms with van der Waals surface area (Å²) < 4.78 is 0. The van der Waals surface area contributed by atoms with Gasteiger partial charge < -0.3 is 5.73 Å². The number of hydrogen-bond acceptors (Lipinski definition) is 1. The second kappa shape index (κ2) is 8.96. The molecule has 1 nitrogen and oxygen atoms in total. The topological polar surface area (TPSA) is 26.0 Å². The van der Waals surface area contributed by atoms with Crippen LogP contribution in [0.5, 0.6) is 0 Å². The predicted octanol–water partition coefficient (Wildman–Crippen LogP) is 2.65. The molecule has 64 valence electrons. The first-order valence-corrected chi connectivity index (χ1v) is 4.42. The van der Waals surface area contributed by atoms with Crippen LogP contribution in [0, 0.1) is 11.8 Å². The zero-order valence-electron chi connectivity index (χ0n) is 8.15. The molecule has 0 fully saturated rings. The van der Waals surface area contributed by atoms with Gasteiger partial charge in [0, 0.05) is 0 Å². The molecule has 2 unspecified atom stereocenters. The van der Waals surface area contributed by atoms with Gasteiger partial charge in [0.1, 0.15) is 0 Å². The molecule has 0 aromatic heterocycles. The Morgan fingerprint density at radius 2 is 1.50 bits per heavy atom. The Bertz CT molecular complexity index is 44.7. The molecule has 10 heavy (non-hydrogen) atoms. The Morgan fingerprint density at radius 3 is 1.60 bits per heavy atom. The van der Waals surface area contributed by atoms with Crippen LogP contribution in [0.4, 0.5) is 0 Å².